The van der Waals surface area contributed by atoms with E-state index in [1.165, 1.54) is 0 Å². The Hall–Kier alpha value is -1.94. The molecule has 1 aromatic heterocycles. The molecule has 0 unspecified atom stereocenters. The van der Waals surface area contributed by atoms with Crippen molar-refractivity contribution >= 4 is 32.5 Å². The van der Waals surface area contributed by atoms with Crippen molar-refractivity contribution in [3.63, 3.8) is 0 Å². The molecule has 0 amide bonds. The molecule has 3 nitrogen and oxygen atoms in total. The first-order chi connectivity index (χ1) is 10.2. The van der Waals surface area contributed by atoms with Gasteiger partial charge in [-0.2, -0.15) is 5.10 Å². The van der Waals surface area contributed by atoms with Crippen LogP contribution in [0.3, 0.4) is 0 Å². The van der Waals surface area contributed by atoms with Crippen LogP contribution in [0, 0.1) is 0 Å². The second kappa shape index (κ2) is 5.82. The highest BCUT2D eigenvalue weighted by Crippen LogP contribution is 2.22. The lowest BCUT2D eigenvalue weighted by atomic mass is 9.99. The number of carbonyl (C=O) groups excluding carboxylic acids is 1. The highest BCUT2D eigenvalue weighted by Gasteiger charge is 2.17. The number of hydrogen-bond donors (Lipinski definition) is 0. The molecular formula is C17H15BrN2O. The molecule has 0 aliphatic carbocycles. The Kier molecular flexibility index (Phi) is 3.88. The SMILES string of the molecule is CCn1ncc(Br)c1C(=O)Cc1cccc2ccccc12. The first-order valence-electron chi connectivity index (χ1n) is 6.92. The maximum absolute atomic E-state index is 12.6. The lowest BCUT2D eigenvalue weighted by molar-refractivity contribution is 0.0982. The van der Waals surface area contributed by atoms with Gasteiger partial charge in [-0.1, -0.05) is 42.5 Å². The van der Waals surface area contributed by atoms with Gasteiger partial charge in [0.1, 0.15) is 5.69 Å². The van der Waals surface area contributed by atoms with Gasteiger partial charge in [-0.05, 0) is 39.2 Å². The third kappa shape index (κ3) is 2.63. The van der Waals surface area contributed by atoms with Crippen LogP contribution >= 0.6 is 15.9 Å². The Bertz CT molecular complexity index is 802. The second-order valence-corrected chi connectivity index (χ2v) is 5.75. The van der Waals surface area contributed by atoms with Crippen molar-refractivity contribution in [2.45, 2.75) is 19.9 Å². The molecular weight excluding hydrogens is 328 g/mol. The van der Waals surface area contributed by atoms with E-state index in [0.717, 1.165) is 20.8 Å². The molecule has 2 aromatic carbocycles. The molecule has 3 aromatic rings. The molecule has 0 radical (unpaired) electrons. The quantitative estimate of drug-likeness (QED) is 0.664. The fourth-order valence-corrected chi connectivity index (χ4v) is 3.10. The standard InChI is InChI=1S/C17H15BrN2O/c1-2-20-17(15(18)11-19-20)16(21)10-13-8-5-7-12-6-3-4-9-14(12)13/h3-9,11H,2,10H2,1H3. The van der Waals surface area contributed by atoms with E-state index in [-0.39, 0.29) is 5.78 Å². The summed E-state index contributed by atoms with van der Waals surface area (Å²) in [5, 5.41) is 6.50. The van der Waals surface area contributed by atoms with Crippen molar-refractivity contribution < 1.29 is 4.79 Å². The Morgan fingerprint density at radius 1 is 1.19 bits per heavy atom. The number of nitrogens with zero attached hydrogens (tertiary/aromatic N) is 2. The van der Waals surface area contributed by atoms with Gasteiger partial charge in [-0.3, -0.25) is 9.48 Å². The molecule has 0 fully saturated rings. The summed E-state index contributed by atoms with van der Waals surface area (Å²) in [4.78, 5) is 12.6. The molecule has 0 atom stereocenters. The molecule has 1 heterocycles. The largest absolute Gasteiger partial charge is 0.292 e. The third-order valence-corrected chi connectivity index (χ3v) is 4.17. The summed E-state index contributed by atoms with van der Waals surface area (Å²) in [6, 6.07) is 14.2. The first-order valence-corrected chi connectivity index (χ1v) is 7.71. The molecule has 0 aliphatic rings. The summed E-state index contributed by atoms with van der Waals surface area (Å²) in [7, 11) is 0. The van der Waals surface area contributed by atoms with Gasteiger partial charge in [-0.15, -0.1) is 0 Å². The predicted octanol–water partition coefficient (Wildman–Crippen LogP) is 4.24. The van der Waals surface area contributed by atoms with Gasteiger partial charge >= 0.3 is 0 Å². The van der Waals surface area contributed by atoms with E-state index in [1.807, 2.05) is 31.2 Å². The lowest BCUT2D eigenvalue weighted by Gasteiger charge is -2.08. The number of benzene rings is 2. The summed E-state index contributed by atoms with van der Waals surface area (Å²) in [5.74, 6) is 0.0811. The second-order valence-electron chi connectivity index (χ2n) is 4.90. The molecule has 21 heavy (non-hydrogen) atoms. The van der Waals surface area contributed by atoms with Crippen molar-refractivity contribution in [2.24, 2.45) is 0 Å². The van der Waals surface area contributed by atoms with E-state index in [1.54, 1.807) is 10.9 Å². The first kappa shape index (κ1) is 14.0. The highest BCUT2D eigenvalue weighted by molar-refractivity contribution is 9.10. The number of rotatable bonds is 4. The smallest absolute Gasteiger partial charge is 0.186 e. The van der Waals surface area contributed by atoms with E-state index in [4.69, 9.17) is 0 Å². The van der Waals surface area contributed by atoms with Crippen LogP contribution < -0.4 is 0 Å². The topological polar surface area (TPSA) is 34.9 Å². The van der Waals surface area contributed by atoms with Gasteiger partial charge in [0.05, 0.1) is 10.7 Å². The summed E-state index contributed by atoms with van der Waals surface area (Å²) >= 11 is 3.42. The number of fused-ring (bicyclic) bond motifs is 1. The maximum Gasteiger partial charge on any atom is 0.186 e. The molecule has 4 heteroatoms. The average molecular weight is 343 g/mol. The Morgan fingerprint density at radius 3 is 2.76 bits per heavy atom. The maximum atomic E-state index is 12.6. The zero-order valence-corrected chi connectivity index (χ0v) is 13.3. The van der Waals surface area contributed by atoms with Gasteiger partial charge in [-0.25, -0.2) is 0 Å². The fourth-order valence-electron chi connectivity index (χ4n) is 2.58. The van der Waals surface area contributed by atoms with Crippen LogP contribution in [0.25, 0.3) is 10.8 Å². The predicted molar refractivity (Wildman–Crippen MR) is 87.6 cm³/mol. The van der Waals surface area contributed by atoms with Gasteiger partial charge in [0.25, 0.3) is 0 Å². The normalized spacial score (nSPS) is 11.0. The van der Waals surface area contributed by atoms with Crippen molar-refractivity contribution in [3.05, 3.63) is 64.4 Å². The summed E-state index contributed by atoms with van der Waals surface area (Å²) in [6.45, 7) is 2.66. The van der Waals surface area contributed by atoms with Gasteiger partial charge < -0.3 is 0 Å². The Morgan fingerprint density at radius 2 is 1.95 bits per heavy atom. The monoisotopic (exact) mass is 342 g/mol. The van der Waals surface area contributed by atoms with E-state index < -0.39 is 0 Å². The van der Waals surface area contributed by atoms with Crippen molar-refractivity contribution in [2.75, 3.05) is 0 Å². The molecule has 0 aliphatic heterocycles. The molecule has 0 bridgehead atoms. The average Bonchev–Trinajstić information content (AvgIpc) is 2.88. The molecule has 106 valence electrons. The number of carbonyl (C=O) groups is 1. The minimum Gasteiger partial charge on any atom is -0.292 e. The van der Waals surface area contributed by atoms with Crippen LogP contribution in [0.2, 0.25) is 0 Å². The fraction of sp³-hybridized carbons (Fsp3) is 0.176. The van der Waals surface area contributed by atoms with Crippen molar-refractivity contribution in [1.29, 1.82) is 0 Å². The number of Topliss-reactive ketones (excluding diaryl/α,β-unsaturated/α-hetero) is 1. The van der Waals surface area contributed by atoms with E-state index >= 15 is 0 Å². The number of ketones is 1. The van der Waals surface area contributed by atoms with E-state index in [9.17, 15) is 4.79 Å². The van der Waals surface area contributed by atoms with Crippen molar-refractivity contribution in [1.82, 2.24) is 9.78 Å². The van der Waals surface area contributed by atoms with Crippen LogP contribution in [-0.2, 0) is 13.0 Å². The molecule has 0 saturated heterocycles. The van der Waals surface area contributed by atoms with E-state index in [2.05, 4.69) is 39.2 Å². The van der Waals surface area contributed by atoms with Gasteiger partial charge in [0, 0.05) is 13.0 Å². The van der Waals surface area contributed by atoms with Crippen LogP contribution in [0.15, 0.2) is 53.1 Å². The van der Waals surface area contributed by atoms with Crippen LogP contribution in [-0.4, -0.2) is 15.6 Å². The summed E-state index contributed by atoms with van der Waals surface area (Å²) in [6.07, 6.45) is 2.06. The molecule has 3 rings (SSSR count). The zero-order valence-electron chi connectivity index (χ0n) is 11.7. The molecule has 0 N–H and O–H groups in total. The third-order valence-electron chi connectivity index (χ3n) is 3.59. The van der Waals surface area contributed by atoms with Crippen LogP contribution in [0.4, 0.5) is 0 Å². The summed E-state index contributed by atoms with van der Waals surface area (Å²) in [5.41, 5.74) is 1.69. The van der Waals surface area contributed by atoms with Gasteiger partial charge in [0.15, 0.2) is 5.78 Å². The Labute approximate surface area is 131 Å². The van der Waals surface area contributed by atoms with Crippen LogP contribution in [0.1, 0.15) is 23.0 Å². The number of aromatic nitrogens is 2. The minimum atomic E-state index is 0.0811. The zero-order chi connectivity index (χ0) is 14.8. The van der Waals surface area contributed by atoms with Crippen molar-refractivity contribution in [3.8, 4) is 0 Å². The molecule has 0 saturated carbocycles. The number of halogens is 1. The number of hydrogen-bond acceptors (Lipinski definition) is 2. The Balaban J connectivity index is 1.99. The lowest BCUT2D eigenvalue weighted by Crippen LogP contribution is -2.12. The highest BCUT2D eigenvalue weighted by atomic mass is 79.9. The van der Waals surface area contributed by atoms with Gasteiger partial charge in [0.2, 0.25) is 0 Å². The van der Waals surface area contributed by atoms with Crippen LogP contribution in [0.5, 0.6) is 0 Å². The molecule has 0 spiro atoms. The van der Waals surface area contributed by atoms with E-state index in [0.29, 0.717) is 18.7 Å². The summed E-state index contributed by atoms with van der Waals surface area (Å²) < 4.78 is 2.49. The minimum absolute atomic E-state index is 0.0811. The number of aryl methyl sites for hydroxylation is 1.